The molecule has 0 fully saturated rings. The van der Waals surface area contributed by atoms with Gasteiger partial charge in [0.2, 0.25) is 0 Å². The SMILES string of the molecule is CCOC(=O)c1cc2c(-c3cc(S(C)(=O)=O)ccc3Oc3ccc(F)cc3F)cn(C)c(=O)c2n1Cc1ccccc1. The number of carbonyl (C=O) groups excluding carboxylic acids is 1. The van der Waals surface area contributed by atoms with E-state index in [1.165, 1.54) is 42.1 Å². The van der Waals surface area contributed by atoms with Crippen LogP contribution in [0, 0.1) is 11.6 Å². The summed E-state index contributed by atoms with van der Waals surface area (Å²) in [4.78, 5) is 26.6. The van der Waals surface area contributed by atoms with Crippen LogP contribution < -0.4 is 10.3 Å². The van der Waals surface area contributed by atoms with Crippen LogP contribution in [0.2, 0.25) is 0 Å². The van der Waals surface area contributed by atoms with Gasteiger partial charge in [-0.05, 0) is 48.9 Å². The first-order valence-electron chi connectivity index (χ1n) is 12.9. The second kappa shape index (κ2) is 11.2. The van der Waals surface area contributed by atoms with Crippen LogP contribution in [-0.2, 0) is 28.2 Å². The molecule has 216 valence electrons. The second-order valence-electron chi connectivity index (χ2n) is 9.65. The van der Waals surface area contributed by atoms with Crippen molar-refractivity contribution in [2.24, 2.45) is 7.05 Å². The summed E-state index contributed by atoms with van der Waals surface area (Å²) in [6.45, 7) is 1.94. The average Bonchev–Trinajstić information content (AvgIpc) is 3.32. The van der Waals surface area contributed by atoms with Crippen molar-refractivity contribution in [3.8, 4) is 22.6 Å². The van der Waals surface area contributed by atoms with Gasteiger partial charge in [0.1, 0.15) is 22.8 Å². The van der Waals surface area contributed by atoms with E-state index in [0.717, 1.165) is 24.0 Å². The van der Waals surface area contributed by atoms with E-state index in [0.29, 0.717) is 17.0 Å². The molecule has 2 aromatic heterocycles. The minimum Gasteiger partial charge on any atom is -0.461 e. The van der Waals surface area contributed by atoms with Crippen molar-refractivity contribution < 1.29 is 31.5 Å². The number of fused-ring (bicyclic) bond motifs is 1. The van der Waals surface area contributed by atoms with Crippen LogP contribution in [0.5, 0.6) is 11.5 Å². The summed E-state index contributed by atoms with van der Waals surface area (Å²) in [5, 5.41) is 0.326. The largest absolute Gasteiger partial charge is 0.461 e. The Morgan fingerprint density at radius 3 is 2.31 bits per heavy atom. The fourth-order valence-electron chi connectivity index (χ4n) is 4.71. The molecular weight excluding hydrogens is 566 g/mol. The Bertz CT molecular complexity index is 2000. The lowest BCUT2D eigenvalue weighted by atomic mass is 10.0. The molecule has 3 aromatic carbocycles. The zero-order chi connectivity index (χ0) is 30.2. The zero-order valence-corrected chi connectivity index (χ0v) is 23.7. The second-order valence-corrected chi connectivity index (χ2v) is 11.7. The highest BCUT2D eigenvalue weighted by molar-refractivity contribution is 7.90. The maximum Gasteiger partial charge on any atom is 0.354 e. The van der Waals surface area contributed by atoms with Gasteiger partial charge in [0.25, 0.3) is 5.56 Å². The monoisotopic (exact) mass is 592 g/mol. The molecule has 0 radical (unpaired) electrons. The highest BCUT2D eigenvalue weighted by Gasteiger charge is 2.25. The van der Waals surface area contributed by atoms with Crippen LogP contribution in [0.4, 0.5) is 8.78 Å². The van der Waals surface area contributed by atoms with Crippen LogP contribution in [-0.4, -0.2) is 36.4 Å². The molecule has 0 spiro atoms. The topological polar surface area (TPSA) is 96.6 Å². The summed E-state index contributed by atoms with van der Waals surface area (Å²) in [6.07, 6.45) is 2.53. The Labute approximate surface area is 240 Å². The third-order valence-electron chi connectivity index (χ3n) is 6.68. The fourth-order valence-corrected chi connectivity index (χ4v) is 5.36. The number of ether oxygens (including phenoxy) is 2. The highest BCUT2D eigenvalue weighted by atomic mass is 32.2. The van der Waals surface area contributed by atoms with Crippen molar-refractivity contribution in [1.29, 1.82) is 0 Å². The summed E-state index contributed by atoms with van der Waals surface area (Å²) in [7, 11) is -2.18. The van der Waals surface area contributed by atoms with Gasteiger partial charge >= 0.3 is 5.97 Å². The van der Waals surface area contributed by atoms with Crippen LogP contribution in [0.3, 0.4) is 0 Å². The van der Waals surface area contributed by atoms with Crippen LogP contribution >= 0.6 is 0 Å². The smallest absolute Gasteiger partial charge is 0.354 e. The van der Waals surface area contributed by atoms with Crippen molar-refractivity contribution in [3.63, 3.8) is 0 Å². The number of sulfone groups is 1. The maximum absolute atomic E-state index is 14.6. The minimum atomic E-state index is -3.70. The molecule has 5 aromatic rings. The number of aromatic nitrogens is 2. The van der Waals surface area contributed by atoms with E-state index in [9.17, 15) is 26.8 Å². The minimum absolute atomic E-state index is 0.0429. The molecule has 0 saturated heterocycles. The standard InChI is InChI=1S/C31H26F2N2O6S/c1-4-40-31(37)26-16-23-24(18-34(2)30(36)29(23)35(26)17-19-8-6-5-7-9-19)22-15-21(42(3,38)39)11-13-27(22)41-28-12-10-20(32)14-25(28)33/h5-16,18H,4,17H2,1-3H3. The zero-order valence-electron chi connectivity index (χ0n) is 22.9. The van der Waals surface area contributed by atoms with Crippen molar-refractivity contribution in [1.82, 2.24) is 9.13 Å². The van der Waals surface area contributed by atoms with Crippen molar-refractivity contribution in [2.75, 3.05) is 12.9 Å². The lowest BCUT2D eigenvalue weighted by Gasteiger charge is -2.16. The van der Waals surface area contributed by atoms with E-state index in [-0.39, 0.29) is 46.3 Å². The molecule has 0 saturated carbocycles. The Balaban J connectivity index is 1.82. The van der Waals surface area contributed by atoms with Gasteiger partial charge in [-0.2, -0.15) is 0 Å². The predicted molar refractivity (Wildman–Crippen MR) is 154 cm³/mol. The van der Waals surface area contributed by atoms with E-state index in [2.05, 4.69) is 0 Å². The molecule has 0 N–H and O–H groups in total. The third-order valence-corrected chi connectivity index (χ3v) is 7.79. The number of aryl methyl sites for hydroxylation is 1. The lowest BCUT2D eigenvalue weighted by molar-refractivity contribution is 0.0515. The number of halogens is 2. The quantitative estimate of drug-likeness (QED) is 0.214. The number of hydrogen-bond acceptors (Lipinski definition) is 6. The first-order chi connectivity index (χ1) is 20.0. The molecule has 0 amide bonds. The van der Waals surface area contributed by atoms with Gasteiger partial charge < -0.3 is 18.6 Å². The Kier molecular flexibility index (Phi) is 7.70. The first kappa shape index (κ1) is 28.7. The van der Waals surface area contributed by atoms with Gasteiger partial charge in [0.15, 0.2) is 21.4 Å². The number of esters is 1. The molecule has 0 unspecified atom stereocenters. The normalized spacial score (nSPS) is 11.5. The number of rotatable bonds is 8. The maximum atomic E-state index is 14.6. The van der Waals surface area contributed by atoms with Gasteiger partial charge in [-0.3, -0.25) is 4.79 Å². The van der Waals surface area contributed by atoms with Crippen molar-refractivity contribution in [2.45, 2.75) is 18.4 Å². The number of hydrogen-bond donors (Lipinski definition) is 0. The number of nitrogens with zero attached hydrogens (tertiary/aromatic N) is 2. The van der Waals surface area contributed by atoms with Crippen molar-refractivity contribution >= 4 is 26.7 Å². The number of benzene rings is 3. The molecule has 0 bridgehead atoms. The van der Waals surface area contributed by atoms with Crippen LogP contribution in [0.15, 0.2) is 88.7 Å². The summed E-state index contributed by atoms with van der Waals surface area (Å²) < 4.78 is 67.2. The van der Waals surface area contributed by atoms with E-state index in [1.54, 1.807) is 11.5 Å². The molecule has 0 aliphatic heterocycles. The summed E-state index contributed by atoms with van der Waals surface area (Å²) >= 11 is 0. The van der Waals surface area contributed by atoms with Crippen LogP contribution in [0.25, 0.3) is 22.0 Å². The molecular formula is C31H26F2N2O6S. The first-order valence-corrected chi connectivity index (χ1v) is 14.8. The molecule has 42 heavy (non-hydrogen) atoms. The molecule has 2 heterocycles. The molecule has 11 heteroatoms. The van der Waals surface area contributed by atoms with Gasteiger partial charge in [-0.15, -0.1) is 0 Å². The molecule has 0 aliphatic carbocycles. The lowest BCUT2D eigenvalue weighted by Crippen LogP contribution is -2.21. The Morgan fingerprint density at radius 1 is 0.929 bits per heavy atom. The van der Waals surface area contributed by atoms with Crippen molar-refractivity contribution in [3.05, 3.63) is 112 Å². The molecule has 8 nitrogen and oxygen atoms in total. The number of pyridine rings is 1. The summed E-state index contributed by atoms with van der Waals surface area (Å²) in [6, 6.07) is 17.6. The molecule has 0 atom stereocenters. The Hall–Kier alpha value is -4.77. The number of carbonyl (C=O) groups is 1. The Morgan fingerprint density at radius 2 is 1.64 bits per heavy atom. The molecule has 0 aliphatic rings. The fraction of sp³-hybridized carbons (Fsp3) is 0.161. The molecule has 5 rings (SSSR count). The van der Waals surface area contributed by atoms with Gasteiger partial charge in [0, 0.05) is 48.6 Å². The van der Waals surface area contributed by atoms with E-state index in [1.807, 2.05) is 30.3 Å². The third kappa shape index (κ3) is 5.55. The highest BCUT2D eigenvalue weighted by Crippen LogP contribution is 2.39. The summed E-state index contributed by atoms with van der Waals surface area (Å²) in [5.41, 5.74) is 1.24. The van der Waals surface area contributed by atoms with Crippen LogP contribution in [0.1, 0.15) is 23.0 Å². The predicted octanol–water partition coefficient (Wildman–Crippen LogP) is 5.71. The van der Waals surface area contributed by atoms with E-state index in [4.69, 9.17) is 9.47 Å². The van der Waals surface area contributed by atoms with E-state index < -0.39 is 33.0 Å². The van der Waals surface area contributed by atoms with Gasteiger partial charge in [-0.1, -0.05) is 30.3 Å². The van der Waals surface area contributed by atoms with Gasteiger partial charge in [0.05, 0.1) is 11.5 Å². The summed E-state index contributed by atoms with van der Waals surface area (Å²) in [5.74, 6) is -2.65. The average molecular weight is 593 g/mol. The van der Waals surface area contributed by atoms with Gasteiger partial charge in [-0.25, -0.2) is 22.0 Å². The van der Waals surface area contributed by atoms with E-state index >= 15 is 0 Å².